The largest absolute Gasteiger partial charge is 0.459 e. The first-order chi connectivity index (χ1) is 10.2. The van der Waals surface area contributed by atoms with Crippen LogP contribution in [0.5, 0.6) is 0 Å². The highest BCUT2D eigenvalue weighted by Crippen LogP contribution is 2.37. The molecule has 0 radical (unpaired) electrons. The molecule has 0 unspecified atom stereocenters. The Morgan fingerprint density at radius 2 is 2.10 bits per heavy atom. The third-order valence-corrected chi connectivity index (χ3v) is 4.44. The minimum atomic E-state index is -0.514. The van der Waals surface area contributed by atoms with E-state index in [2.05, 4.69) is 0 Å². The van der Waals surface area contributed by atoms with Gasteiger partial charge in [-0.3, -0.25) is 4.79 Å². The van der Waals surface area contributed by atoms with Gasteiger partial charge in [-0.05, 0) is 43.6 Å². The van der Waals surface area contributed by atoms with Crippen molar-refractivity contribution in [2.24, 2.45) is 17.6 Å². The zero-order valence-corrected chi connectivity index (χ0v) is 12.6. The van der Waals surface area contributed by atoms with Crippen molar-refractivity contribution in [2.75, 3.05) is 13.2 Å². The van der Waals surface area contributed by atoms with Crippen molar-refractivity contribution >= 4 is 5.91 Å². The maximum absolute atomic E-state index is 11.4. The number of ether oxygens (including phenoxy) is 2. The third kappa shape index (κ3) is 5.00. The van der Waals surface area contributed by atoms with Crippen LogP contribution in [-0.2, 0) is 14.3 Å². The van der Waals surface area contributed by atoms with E-state index in [1.165, 1.54) is 32.1 Å². The molecule has 21 heavy (non-hydrogen) atoms. The Labute approximate surface area is 126 Å². The standard InChI is InChI=1S/C16H27NO4/c17-16(19)14-10-13(12-6-2-1-3-7-12)11-15(21-14)20-9-5-4-8-18/h10,12-13,15,18H,1-9,11H2,(H2,17,19)/t13-,15+/m1/s1. The van der Waals surface area contributed by atoms with E-state index in [1.807, 2.05) is 6.08 Å². The molecule has 0 aromatic carbocycles. The first kappa shape index (κ1) is 16.3. The summed E-state index contributed by atoms with van der Waals surface area (Å²) in [7, 11) is 0. The van der Waals surface area contributed by atoms with Gasteiger partial charge in [-0.1, -0.05) is 19.3 Å². The average Bonchev–Trinajstić information content (AvgIpc) is 2.52. The summed E-state index contributed by atoms with van der Waals surface area (Å²) in [6.45, 7) is 0.709. The lowest BCUT2D eigenvalue weighted by atomic mass is 9.77. The zero-order valence-electron chi connectivity index (χ0n) is 12.6. The second-order valence-corrected chi connectivity index (χ2v) is 6.04. The number of primary amides is 1. The molecule has 0 bridgehead atoms. The van der Waals surface area contributed by atoms with Gasteiger partial charge >= 0.3 is 0 Å². The molecule has 0 aromatic rings. The number of nitrogens with two attached hydrogens (primary N) is 1. The van der Waals surface area contributed by atoms with Gasteiger partial charge in [0.1, 0.15) is 0 Å². The molecule has 1 saturated carbocycles. The topological polar surface area (TPSA) is 81.8 Å². The molecular formula is C16H27NO4. The number of unbranched alkanes of at least 4 members (excludes halogenated alkanes) is 1. The van der Waals surface area contributed by atoms with Gasteiger partial charge in [0.15, 0.2) is 5.76 Å². The summed E-state index contributed by atoms with van der Waals surface area (Å²) in [4.78, 5) is 11.4. The van der Waals surface area contributed by atoms with Gasteiger partial charge in [-0.15, -0.1) is 0 Å². The van der Waals surface area contributed by atoms with Crippen LogP contribution in [0.1, 0.15) is 51.4 Å². The predicted molar refractivity (Wildman–Crippen MR) is 79.1 cm³/mol. The predicted octanol–water partition coefficient (Wildman–Crippen LogP) is 2.09. The molecule has 0 saturated heterocycles. The van der Waals surface area contributed by atoms with Crippen molar-refractivity contribution in [3.05, 3.63) is 11.8 Å². The number of carbonyl (C=O) groups excluding carboxylic acids is 1. The fourth-order valence-electron chi connectivity index (χ4n) is 3.28. The maximum Gasteiger partial charge on any atom is 0.283 e. The van der Waals surface area contributed by atoms with E-state index in [9.17, 15) is 4.79 Å². The summed E-state index contributed by atoms with van der Waals surface area (Å²) >= 11 is 0. The van der Waals surface area contributed by atoms with E-state index >= 15 is 0 Å². The number of rotatable bonds is 7. The van der Waals surface area contributed by atoms with E-state index in [4.69, 9.17) is 20.3 Å². The number of aliphatic hydroxyl groups excluding tert-OH is 1. The molecule has 120 valence electrons. The van der Waals surface area contributed by atoms with Crippen LogP contribution in [0.15, 0.2) is 11.8 Å². The van der Waals surface area contributed by atoms with Gasteiger partial charge in [-0.2, -0.15) is 0 Å². The van der Waals surface area contributed by atoms with Crippen LogP contribution in [0.25, 0.3) is 0 Å². The monoisotopic (exact) mass is 297 g/mol. The van der Waals surface area contributed by atoms with Gasteiger partial charge in [0.25, 0.3) is 5.91 Å². The Kier molecular flexibility index (Phi) is 6.51. The highest BCUT2D eigenvalue weighted by molar-refractivity contribution is 5.90. The summed E-state index contributed by atoms with van der Waals surface area (Å²) in [5.41, 5.74) is 5.38. The molecule has 1 heterocycles. The van der Waals surface area contributed by atoms with Gasteiger partial charge in [0, 0.05) is 13.0 Å². The van der Waals surface area contributed by atoms with Crippen molar-refractivity contribution < 1.29 is 19.4 Å². The van der Waals surface area contributed by atoms with Crippen LogP contribution < -0.4 is 5.73 Å². The highest BCUT2D eigenvalue weighted by Gasteiger charge is 2.32. The van der Waals surface area contributed by atoms with Crippen LogP contribution in [0, 0.1) is 11.8 Å². The van der Waals surface area contributed by atoms with Gasteiger partial charge in [0.05, 0.1) is 6.61 Å². The third-order valence-electron chi connectivity index (χ3n) is 4.44. The van der Waals surface area contributed by atoms with E-state index in [0.29, 0.717) is 18.4 Å². The van der Waals surface area contributed by atoms with Crippen LogP contribution in [-0.4, -0.2) is 30.5 Å². The minimum absolute atomic E-state index is 0.173. The zero-order chi connectivity index (χ0) is 15.1. The molecule has 2 atom stereocenters. The van der Waals surface area contributed by atoms with Crippen molar-refractivity contribution in [3.63, 3.8) is 0 Å². The Morgan fingerprint density at radius 1 is 1.33 bits per heavy atom. The van der Waals surface area contributed by atoms with Crippen LogP contribution >= 0.6 is 0 Å². The average molecular weight is 297 g/mol. The Morgan fingerprint density at radius 3 is 2.76 bits per heavy atom. The quantitative estimate of drug-likeness (QED) is 0.705. The number of carbonyl (C=O) groups is 1. The summed E-state index contributed by atoms with van der Waals surface area (Å²) in [6.07, 6.45) is 10.1. The summed E-state index contributed by atoms with van der Waals surface area (Å²) in [5.74, 6) is 0.674. The smallest absolute Gasteiger partial charge is 0.283 e. The lowest BCUT2D eigenvalue weighted by molar-refractivity contribution is -0.150. The molecule has 5 heteroatoms. The number of amides is 1. The van der Waals surface area contributed by atoms with Crippen molar-refractivity contribution in [3.8, 4) is 0 Å². The molecule has 5 nitrogen and oxygen atoms in total. The Balaban J connectivity index is 1.92. The van der Waals surface area contributed by atoms with Gasteiger partial charge < -0.3 is 20.3 Å². The van der Waals surface area contributed by atoms with Gasteiger partial charge in [-0.25, -0.2) is 0 Å². The molecule has 1 amide bonds. The number of hydrogen-bond donors (Lipinski definition) is 2. The lowest BCUT2D eigenvalue weighted by Gasteiger charge is -2.34. The normalized spacial score (nSPS) is 27.0. The molecule has 3 N–H and O–H groups in total. The van der Waals surface area contributed by atoms with Crippen LogP contribution in [0.3, 0.4) is 0 Å². The number of allylic oxidation sites excluding steroid dienone is 1. The van der Waals surface area contributed by atoms with Gasteiger partial charge in [0.2, 0.25) is 6.29 Å². The first-order valence-electron chi connectivity index (χ1n) is 8.11. The molecule has 0 aromatic heterocycles. The molecule has 0 spiro atoms. The van der Waals surface area contributed by atoms with Crippen LogP contribution in [0.4, 0.5) is 0 Å². The second kappa shape index (κ2) is 8.39. The van der Waals surface area contributed by atoms with E-state index in [1.54, 1.807) is 0 Å². The van der Waals surface area contributed by atoms with E-state index < -0.39 is 5.91 Å². The molecule has 2 rings (SSSR count). The number of hydrogen-bond acceptors (Lipinski definition) is 4. The second-order valence-electron chi connectivity index (χ2n) is 6.04. The molecule has 1 fully saturated rings. The minimum Gasteiger partial charge on any atom is -0.459 e. The fourth-order valence-corrected chi connectivity index (χ4v) is 3.28. The van der Waals surface area contributed by atoms with Crippen LogP contribution in [0.2, 0.25) is 0 Å². The molecular weight excluding hydrogens is 270 g/mol. The molecule has 1 aliphatic heterocycles. The van der Waals surface area contributed by atoms with Crippen molar-refractivity contribution in [1.29, 1.82) is 0 Å². The molecule has 2 aliphatic rings. The van der Waals surface area contributed by atoms with Crippen molar-refractivity contribution in [2.45, 2.75) is 57.7 Å². The maximum atomic E-state index is 11.4. The van der Waals surface area contributed by atoms with E-state index in [-0.39, 0.29) is 18.7 Å². The van der Waals surface area contributed by atoms with E-state index in [0.717, 1.165) is 19.3 Å². The molecule has 1 aliphatic carbocycles. The summed E-state index contributed by atoms with van der Waals surface area (Å²) < 4.78 is 11.3. The summed E-state index contributed by atoms with van der Waals surface area (Å²) in [6, 6.07) is 0. The SMILES string of the molecule is NC(=O)C1=C[C@@H](C2CCCCC2)C[C@@H](OCCCCO)O1. The first-order valence-corrected chi connectivity index (χ1v) is 8.11. The highest BCUT2D eigenvalue weighted by atomic mass is 16.7. The Hall–Kier alpha value is -1.07. The Bertz CT molecular complexity index is 363. The van der Waals surface area contributed by atoms with Crippen molar-refractivity contribution in [1.82, 2.24) is 0 Å². The number of aliphatic hydroxyl groups is 1. The lowest BCUT2D eigenvalue weighted by Crippen LogP contribution is -2.33. The summed E-state index contributed by atoms with van der Waals surface area (Å²) in [5, 5.41) is 8.77. The fraction of sp³-hybridized carbons (Fsp3) is 0.812.